The zero-order chi connectivity index (χ0) is 20.1. The lowest BCUT2D eigenvalue weighted by Gasteiger charge is -2.27. The molecule has 0 saturated heterocycles. The largest absolute Gasteiger partial charge is 0.497 e. The van der Waals surface area contributed by atoms with Gasteiger partial charge >= 0.3 is 0 Å². The average Bonchev–Trinajstić information content (AvgIpc) is 3.20. The highest BCUT2D eigenvalue weighted by molar-refractivity contribution is 7.80. The van der Waals surface area contributed by atoms with Gasteiger partial charge in [-0.25, -0.2) is 0 Å². The minimum atomic E-state index is -0.131. The molecular weight excluding hydrogens is 374 g/mol. The molecule has 1 aromatic carbocycles. The van der Waals surface area contributed by atoms with Crippen molar-refractivity contribution in [2.24, 2.45) is 0 Å². The van der Waals surface area contributed by atoms with Crippen LogP contribution in [0.2, 0.25) is 0 Å². The van der Waals surface area contributed by atoms with E-state index in [1.165, 1.54) is 0 Å². The smallest absolute Gasteiger partial charge is 0.253 e. The quantitative estimate of drug-likeness (QED) is 0.589. The fraction of sp³-hybridized carbons (Fsp3) is 0.333. The van der Waals surface area contributed by atoms with Gasteiger partial charge in [0.1, 0.15) is 11.5 Å². The van der Waals surface area contributed by atoms with Gasteiger partial charge < -0.3 is 24.4 Å². The molecule has 2 N–H and O–H groups in total. The Kier molecular flexibility index (Phi) is 6.36. The van der Waals surface area contributed by atoms with Crippen molar-refractivity contribution in [1.29, 1.82) is 0 Å². The highest BCUT2D eigenvalue weighted by Gasteiger charge is 2.16. The molecule has 6 nitrogen and oxygen atoms in total. The molecule has 0 aliphatic carbocycles. The predicted octanol–water partition coefficient (Wildman–Crippen LogP) is 3.80. The van der Waals surface area contributed by atoms with Gasteiger partial charge in [-0.3, -0.25) is 4.79 Å². The van der Waals surface area contributed by atoms with Crippen LogP contribution >= 0.6 is 12.2 Å². The molecular formula is C21H25N3O3S. The molecule has 3 aromatic rings. The number of thiocarbonyl (C=S) groups is 1. The van der Waals surface area contributed by atoms with E-state index < -0.39 is 0 Å². The number of fused-ring (bicyclic) bond motifs is 1. The number of methoxy groups -OCH3 is 1. The van der Waals surface area contributed by atoms with Crippen LogP contribution in [0, 0.1) is 0 Å². The van der Waals surface area contributed by atoms with Crippen LogP contribution in [0.5, 0.6) is 5.75 Å². The molecule has 0 aliphatic heterocycles. The van der Waals surface area contributed by atoms with Gasteiger partial charge in [-0.15, -0.1) is 0 Å². The van der Waals surface area contributed by atoms with E-state index in [0.29, 0.717) is 23.8 Å². The summed E-state index contributed by atoms with van der Waals surface area (Å²) >= 11 is 5.61. The van der Waals surface area contributed by atoms with Crippen LogP contribution in [0.3, 0.4) is 0 Å². The standard InChI is InChI=1S/C21H25N3O3S/c1-4-14(2)22-21(28)24(13-18-6-5-9-27-18)12-16-10-15-11-17(26-3)7-8-19(15)23-20(16)25/h5-11,14H,4,12-13H2,1-3H3,(H,22,28)(H,23,25)/t14-/m0/s1. The van der Waals surface area contributed by atoms with Gasteiger partial charge in [0.05, 0.1) is 26.5 Å². The zero-order valence-corrected chi connectivity index (χ0v) is 17.1. The number of nitrogens with zero attached hydrogens (tertiary/aromatic N) is 1. The molecule has 3 rings (SSSR count). The first kappa shape index (κ1) is 19.9. The van der Waals surface area contributed by atoms with Gasteiger partial charge in [0.15, 0.2) is 5.11 Å². The normalized spacial score (nSPS) is 12.0. The topological polar surface area (TPSA) is 70.5 Å². The number of aromatic nitrogens is 1. The molecule has 0 fully saturated rings. The van der Waals surface area contributed by atoms with Gasteiger partial charge in [-0.05, 0) is 62.0 Å². The number of benzene rings is 1. The van der Waals surface area contributed by atoms with Gasteiger partial charge in [0.2, 0.25) is 0 Å². The summed E-state index contributed by atoms with van der Waals surface area (Å²) in [5.41, 5.74) is 1.27. The van der Waals surface area contributed by atoms with Crippen molar-refractivity contribution in [3.05, 3.63) is 64.3 Å². The van der Waals surface area contributed by atoms with E-state index in [1.807, 2.05) is 41.3 Å². The van der Waals surface area contributed by atoms with Crippen LogP contribution < -0.4 is 15.6 Å². The van der Waals surface area contributed by atoms with Crippen molar-refractivity contribution >= 4 is 28.2 Å². The Hall–Kier alpha value is -2.80. The van der Waals surface area contributed by atoms with E-state index in [0.717, 1.165) is 28.8 Å². The number of aromatic amines is 1. The van der Waals surface area contributed by atoms with E-state index in [4.69, 9.17) is 21.4 Å². The third kappa shape index (κ3) is 4.72. The van der Waals surface area contributed by atoms with Gasteiger partial charge in [-0.1, -0.05) is 6.92 Å². The fourth-order valence-electron chi connectivity index (χ4n) is 2.87. The average molecular weight is 400 g/mol. The second-order valence-corrected chi connectivity index (χ2v) is 7.16. The second-order valence-electron chi connectivity index (χ2n) is 6.77. The fourth-order valence-corrected chi connectivity index (χ4v) is 3.20. The number of nitrogens with one attached hydrogen (secondary N) is 2. The van der Waals surface area contributed by atoms with E-state index >= 15 is 0 Å². The Morgan fingerprint density at radius 3 is 2.82 bits per heavy atom. The molecule has 0 unspecified atom stereocenters. The van der Waals surface area contributed by atoms with Crippen LogP contribution in [0.1, 0.15) is 31.6 Å². The monoisotopic (exact) mass is 399 g/mol. The molecule has 148 valence electrons. The lowest BCUT2D eigenvalue weighted by Crippen LogP contribution is -2.43. The summed E-state index contributed by atoms with van der Waals surface area (Å²) in [5, 5.41) is 4.82. The highest BCUT2D eigenvalue weighted by atomic mass is 32.1. The minimum Gasteiger partial charge on any atom is -0.497 e. The van der Waals surface area contributed by atoms with E-state index in [-0.39, 0.29) is 11.6 Å². The summed E-state index contributed by atoms with van der Waals surface area (Å²) in [6.45, 7) is 5.02. The molecule has 2 aromatic heterocycles. The summed E-state index contributed by atoms with van der Waals surface area (Å²) in [5.74, 6) is 1.53. The predicted molar refractivity (Wildman–Crippen MR) is 115 cm³/mol. The van der Waals surface area contributed by atoms with E-state index in [1.54, 1.807) is 13.4 Å². The number of hydrogen-bond acceptors (Lipinski definition) is 4. The first-order valence-electron chi connectivity index (χ1n) is 9.28. The molecule has 0 saturated carbocycles. The molecule has 0 spiro atoms. The lowest BCUT2D eigenvalue weighted by molar-refractivity contribution is 0.346. The van der Waals surface area contributed by atoms with Crippen molar-refractivity contribution in [1.82, 2.24) is 15.2 Å². The Morgan fingerprint density at radius 2 is 2.14 bits per heavy atom. The van der Waals surface area contributed by atoms with Crippen molar-refractivity contribution in [3.8, 4) is 5.75 Å². The minimum absolute atomic E-state index is 0.131. The first-order chi connectivity index (χ1) is 13.5. The number of furan rings is 1. The van der Waals surface area contributed by atoms with Crippen LogP contribution in [-0.4, -0.2) is 28.1 Å². The maximum absolute atomic E-state index is 12.6. The maximum Gasteiger partial charge on any atom is 0.253 e. The van der Waals surface area contributed by atoms with Crippen molar-refractivity contribution < 1.29 is 9.15 Å². The summed E-state index contributed by atoms with van der Waals surface area (Å²) in [6, 6.07) is 11.4. The maximum atomic E-state index is 12.6. The molecule has 0 radical (unpaired) electrons. The lowest BCUT2D eigenvalue weighted by atomic mass is 10.1. The third-order valence-electron chi connectivity index (χ3n) is 4.69. The van der Waals surface area contributed by atoms with Crippen molar-refractivity contribution in [2.75, 3.05) is 7.11 Å². The molecule has 0 bridgehead atoms. The number of ether oxygens (including phenoxy) is 1. The number of pyridine rings is 1. The zero-order valence-electron chi connectivity index (χ0n) is 16.3. The number of hydrogen-bond donors (Lipinski definition) is 2. The van der Waals surface area contributed by atoms with E-state index in [2.05, 4.69) is 24.1 Å². The summed E-state index contributed by atoms with van der Waals surface area (Å²) in [7, 11) is 1.62. The van der Waals surface area contributed by atoms with Crippen molar-refractivity contribution in [2.45, 2.75) is 39.4 Å². The SMILES string of the molecule is CC[C@H](C)NC(=S)N(Cc1ccco1)Cc1cc2cc(OC)ccc2[nH]c1=O. The summed E-state index contributed by atoms with van der Waals surface area (Å²) < 4.78 is 10.8. The Bertz CT molecular complexity index is 998. The molecule has 1 atom stereocenters. The van der Waals surface area contributed by atoms with Crippen LogP contribution in [0.15, 0.2) is 51.9 Å². The number of rotatable bonds is 7. The molecule has 0 amide bonds. The van der Waals surface area contributed by atoms with Gasteiger partial charge in [0.25, 0.3) is 5.56 Å². The third-order valence-corrected chi connectivity index (χ3v) is 5.06. The van der Waals surface area contributed by atoms with Crippen LogP contribution in [0.4, 0.5) is 0 Å². The second kappa shape index (κ2) is 8.93. The Balaban J connectivity index is 1.91. The van der Waals surface area contributed by atoms with Crippen LogP contribution in [0.25, 0.3) is 10.9 Å². The molecule has 7 heteroatoms. The summed E-state index contributed by atoms with van der Waals surface area (Å²) in [4.78, 5) is 17.5. The first-order valence-corrected chi connectivity index (χ1v) is 9.68. The van der Waals surface area contributed by atoms with Gasteiger partial charge in [0, 0.05) is 22.5 Å². The van der Waals surface area contributed by atoms with E-state index in [9.17, 15) is 4.79 Å². The highest BCUT2D eigenvalue weighted by Crippen LogP contribution is 2.19. The van der Waals surface area contributed by atoms with Gasteiger partial charge in [-0.2, -0.15) is 0 Å². The summed E-state index contributed by atoms with van der Waals surface area (Å²) in [6.07, 6.45) is 2.58. The van der Waals surface area contributed by atoms with Crippen molar-refractivity contribution in [3.63, 3.8) is 0 Å². The Labute approximate surface area is 169 Å². The number of H-pyrrole nitrogens is 1. The molecule has 28 heavy (non-hydrogen) atoms. The van der Waals surface area contributed by atoms with Crippen LogP contribution in [-0.2, 0) is 13.1 Å². The molecule has 0 aliphatic rings. The Morgan fingerprint density at radius 1 is 1.32 bits per heavy atom. The molecule has 2 heterocycles.